The number of aliphatic carboxylic acids is 1. The Labute approximate surface area is 107 Å². The molecular weight excluding hydrogens is 236 g/mol. The van der Waals surface area contributed by atoms with Crippen LogP contribution in [0.2, 0.25) is 0 Å². The first-order valence-electron chi connectivity index (χ1n) is 6.21. The maximum absolute atomic E-state index is 11.4. The van der Waals surface area contributed by atoms with Crippen LogP contribution >= 0.6 is 0 Å². The van der Waals surface area contributed by atoms with E-state index in [-0.39, 0.29) is 18.5 Å². The molecule has 1 amide bonds. The van der Waals surface area contributed by atoms with Crippen LogP contribution in [0.5, 0.6) is 0 Å². The summed E-state index contributed by atoms with van der Waals surface area (Å²) in [6.45, 7) is 5.89. The minimum absolute atomic E-state index is 0.00735. The van der Waals surface area contributed by atoms with E-state index in [1.54, 1.807) is 0 Å². The third kappa shape index (κ3) is 5.86. The molecule has 0 aliphatic carbocycles. The molecule has 1 aliphatic heterocycles. The number of hydrogen-bond acceptors (Lipinski definition) is 4. The smallest absolute Gasteiger partial charge is 0.407 e. The van der Waals surface area contributed by atoms with Gasteiger partial charge in [-0.25, -0.2) is 4.79 Å². The van der Waals surface area contributed by atoms with Crippen molar-refractivity contribution in [1.82, 2.24) is 10.6 Å². The Morgan fingerprint density at radius 1 is 1.33 bits per heavy atom. The molecule has 0 spiro atoms. The summed E-state index contributed by atoms with van der Waals surface area (Å²) >= 11 is 0. The van der Waals surface area contributed by atoms with Crippen molar-refractivity contribution in [3.05, 3.63) is 0 Å². The molecule has 18 heavy (non-hydrogen) atoms. The zero-order valence-corrected chi connectivity index (χ0v) is 11.2. The Kier molecular flexibility index (Phi) is 4.95. The standard InChI is InChI=1S/C12H22N2O4/c1-12(2,3)18-11(17)13-7-9-5-4-8(14-9)6-10(15)16/h8-9,14H,4-7H2,1-3H3,(H,13,17)(H,15,16). The van der Waals surface area contributed by atoms with Crippen molar-refractivity contribution < 1.29 is 19.4 Å². The topological polar surface area (TPSA) is 87.7 Å². The molecule has 1 heterocycles. The highest BCUT2D eigenvalue weighted by molar-refractivity contribution is 5.68. The fourth-order valence-corrected chi connectivity index (χ4v) is 1.96. The zero-order chi connectivity index (χ0) is 13.8. The Balaban J connectivity index is 2.21. The van der Waals surface area contributed by atoms with Crippen LogP contribution in [0.25, 0.3) is 0 Å². The molecule has 1 saturated heterocycles. The average Bonchev–Trinajstić information content (AvgIpc) is 2.59. The first-order valence-corrected chi connectivity index (χ1v) is 6.21. The quantitative estimate of drug-likeness (QED) is 0.703. The monoisotopic (exact) mass is 258 g/mol. The summed E-state index contributed by atoms with van der Waals surface area (Å²) in [5.74, 6) is -0.798. The van der Waals surface area contributed by atoms with Crippen molar-refractivity contribution in [3.63, 3.8) is 0 Å². The molecule has 1 fully saturated rings. The summed E-state index contributed by atoms with van der Waals surface area (Å²) < 4.78 is 5.12. The number of alkyl carbamates (subject to hydrolysis) is 1. The fourth-order valence-electron chi connectivity index (χ4n) is 1.96. The Bertz CT molecular complexity index is 312. The van der Waals surface area contributed by atoms with Crippen LogP contribution < -0.4 is 10.6 Å². The van der Waals surface area contributed by atoms with E-state index in [2.05, 4.69) is 10.6 Å². The van der Waals surface area contributed by atoms with Crippen LogP contribution in [0.1, 0.15) is 40.0 Å². The maximum Gasteiger partial charge on any atom is 0.407 e. The average molecular weight is 258 g/mol. The second-order valence-electron chi connectivity index (χ2n) is 5.62. The fraction of sp³-hybridized carbons (Fsp3) is 0.833. The van der Waals surface area contributed by atoms with E-state index in [9.17, 15) is 9.59 Å². The van der Waals surface area contributed by atoms with Gasteiger partial charge >= 0.3 is 12.1 Å². The predicted octanol–water partition coefficient (Wildman–Crippen LogP) is 1.11. The number of carbonyl (C=O) groups is 2. The molecule has 0 aromatic heterocycles. The molecule has 0 aromatic rings. The van der Waals surface area contributed by atoms with E-state index >= 15 is 0 Å². The van der Waals surface area contributed by atoms with Gasteiger partial charge in [-0.15, -0.1) is 0 Å². The largest absolute Gasteiger partial charge is 0.481 e. The highest BCUT2D eigenvalue weighted by Gasteiger charge is 2.26. The van der Waals surface area contributed by atoms with Gasteiger partial charge in [0, 0.05) is 18.6 Å². The lowest BCUT2D eigenvalue weighted by molar-refractivity contribution is -0.137. The van der Waals surface area contributed by atoms with Gasteiger partial charge in [0.05, 0.1) is 6.42 Å². The second-order valence-corrected chi connectivity index (χ2v) is 5.62. The van der Waals surface area contributed by atoms with Gasteiger partial charge in [0.1, 0.15) is 5.60 Å². The second kappa shape index (κ2) is 6.04. The lowest BCUT2D eigenvalue weighted by Gasteiger charge is -2.21. The summed E-state index contributed by atoms with van der Waals surface area (Å²) in [6, 6.07) is 0.134. The van der Waals surface area contributed by atoms with Crippen molar-refractivity contribution in [2.24, 2.45) is 0 Å². The first kappa shape index (κ1) is 14.8. The van der Waals surface area contributed by atoms with Crippen LogP contribution in [-0.4, -0.2) is 41.4 Å². The molecule has 0 bridgehead atoms. The number of ether oxygens (including phenoxy) is 1. The van der Waals surface area contributed by atoms with Crippen molar-refractivity contribution in [1.29, 1.82) is 0 Å². The summed E-state index contributed by atoms with van der Waals surface area (Å²) in [5.41, 5.74) is -0.501. The molecule has 2 unspecified atom stereocenters. The normalized spacial score (nSPS) is 23.7. The van der Waals surface area contributed by atoms with E-state index < -0.39 is 17.7 Å². The molecule has 0 aromatic carbocycles. The number of hydrogen-bond donors (Lipinski definition) is 3. The molecule has 1 aliphatic rings. The number of amides is 1. The summed E-state index contributed by atoms with van der Waals surface area (Å²) in [6.07, 6.45) is 1.38. The number of carboxylic acids is 1. The third-order valence-electron chi connectivity index (χ3n) is 2.65. The van der Waals surface area contributed by atoms with Gasteiger partial charge < -0.3 is 20.5 Å². The van der Waals surface area contributed by atoms with Crippen LogP contribution in [0.4, 0.5) is 4.79 Å². The van der Waals surface area contributed by atoms with Gasteiger partial charge in [-0.2, -0.15) is 0 Å². The predicted molar refractivity (Wildman–Crippen MR) is 66.4 cm³/mol. The van der Waals surface area contributed by atoms with Crippen molar-refractivity contribution in [3.8, 4) is 0 Å². The number of rotatable bonds is 4. The lowest BCUT2D eigenvalue weighted by atomic mass is 10.1. The summed E-state index contributed by atoms with van der Waals surface area (Å²) in [5, 5.41) is 14.5. The van der Waals surface area contributed by atoms with E-state index in [0.29, 0.717) is 6.54 Å². The van der Waals surface area contributed by atoms with Gasteiger partial charge in [0.25, 0.3) is 0 Å². The van der Waals surface area contributed by atoms with Crippen molar-refractivity contribution in [2.45, 2.75) is 57.7 Å². The van der Waals surface area contributed by atoms with Gasteiger partial charge in [0.15, 0.2) is 0 Å². The van der Waals surface area contributed by atoms with E-state index in [1.807, 2.05) is 20.8 Å². The molecule has 1 rings (SSSR count). The minimum Gasteiger partial charge on any atom is -0.481 e. The van der Waals surface area contributed by atoms with E-state index in [0.717, 1.165) is 12.8 Å². The molecule has 104 valence electrons. The number of carbonyl (C=O) groups excluding carboxylic acids is 1. The summed E-state index contributed by atoms with van der Waals surface area (Å²) in [7, 11) is 0. The van der Waals surface area contributed by atoms with Crippen LogP contribution in [0, 0.1) is 0 Å². The highest BCUT2D eigenvalue weighted by atomic mass is 16.6. The molecule has 0 saturated carbocycles. The van der Waals surface area contributed by atoms with Crippen LogP contribution in [-0.2, 0) is 9.53 Å². The first-order chi connectivity index (χ1) is 8.26. The molecular formula is C12H22N2O4. The molecule has 6 nitrogen and oxygen atoms in total. The van der Waals surface area contributed by atoms with Crippen molar-refractivity contribution >= 4 is 12.1 Å². The molecule has 3 N–H and O–H groups in total. The molecule has 0 radical (unpaired) electrons. The van der Waals surface area contributed by atoms with Gasteiger partial charge in [-0.3, -0.25) is 4.79 Å². The number of nitrogens with one attached hydrogen (secondary N) is 2. The van der Waals surface area contributed by atoms with Gasteiger partial charge in [0.2, 0.25) is 0 Å². The van der Waals surface area contributed by atoms with Gasteiger partial charge in [-0.05, 0) is 33.6 Å². The summed E-state index contributed by atoms with van der Waals surface area (Å²) in [4.78, 5) is 22.0. The lowest BCUT2D eigenvalue weighted by Crippen LogP contribution is -2.42. The van der Waals surface area contributed by atoms with Crippen LogP contribution in [0.3, 0.4) is 0 Å². The van der Waals surface area contributed by atoms with E-state index in [1.165, 1.54) is 0 Å². The minimum atomic E-state index is -0.798. The molecule has 2 atom stereocenters. The zero-order valence-electron chi connectivity index (χ0n) is 11.2. The van der Waals surface area contributed by atoms with Gasteiger partial charge in [-0.1, -0.05) is 0 Å². The highest BCUT2D eigenvalue weighted by Crippen LogP contribution is 2.14. The maximum atomic E-state index is 11.4. The van der Waals surface area contributed by atoms with Crippen LogP contribution in [0.15, 0.2) is 0 Å². The Morgan fingerprint density at radius 3 is 2.50 bits per heavy atom. The molecule has 6 heteroatoms. The Hall–Kier alpha value is -1.30. The van der Waals surface area contributed by atoms with E-state index in [4.69, 9.17) is 9.84 Å². The third-order valence-corrected chi connectivity index (χ3v) is 2.65. The number of carboxylic acid groups (broad SMARTS) is 1. The van der Waals surface area contributed by atoms with Crippen molar-refractivity contribution in [2.75, 3.05) is 6.54 Å². The SMILES string of the molecule is CC(C)(C)OC(=O)NCC1CCC(CC(=O)O)N1. The Morgan fingerprint density at radius 2 is 1.94 bits per heavy atom.